The second-order valence-corrected chi connectivity index (χ2v) is 9.16. The minimum atomic E-state index is -2.94. The van der Waals surface area contributed by atoms with Gasteiger partial charge >= 0.3 is 0 Å². The highest BCUT2D eigenvalue weighted by molar-refractivity contribution is 8.27. The number of hydrogen-bond donors (Lipinski definition) is 3. The van der Waals surface area contributed by atoms with Crippen LogP contribution in [0.3, 0.4) is 0 Å². The van der Waals surface area contributed by atoms with Gasteiger partial charge in [0.2, 0.25) is 0 Å². The van der Waals surface area contributed by atoms with Gasteiger partial charge in [-0.25, -0.2) is 27.5 Å². The number of hydrogen-bond acceptors (Lipinski definition) is 8. The van der Waals surface area contributed by atoms with Gasteiger partial charge in [0, 0.05) is 23.0 Å². The number of benzene rings is 1. The van der Waals surface area contributed by atoms with E-state index in [1.807, 2.05) is 6.92 Å². The number of H-pyrrole nitrogens is 1. The fraction of sp³-hybridized carbons (Fsp3) is 0.160. The van der Waals surface area contributed by atoms with Gasteiger partial charge in [-0.3, -0.25) is 14.9 Å². The van der Waals surface area contributed by atoms with E-state index < -0.39 is 35.8 Å². The number of aryl methyl sites for hydroxylation is 1. The highest BCUT2D eigenvalue weighted by atomic mass is 32.2. The number of ether oxygens (including phenoxy) is 1. The first kappa shape index (κ1) is 26.0. The number of pyridine rings is 1. The lowest BCUT2D eigenvalue weighted by Gasteiger charge is -2.14. The number of aliphatic imine (C=N–C) groups is 2. The van der Waals surface area contributed by atoms with Crippen molar-refractivity contribution >= 4 is 27.9 Å². The topological polar surface area (TPSA) is 117 Å². The van der Waals surface area contributed by atoms with Gasteiger partial charge in [0.25, 0.3) is 12.3 Å². The Morgan fingerprint density at radius 2 is 1.95 bits per heavy atom. The summed E-state index contributed by atoms with van der Waals surface area (Å²) >= 11 is 1.04. The average molecular weight is 556 g/mol. The molecule has 0 aliphatic carbocycles. The first-order valence-corrected chi connectivity index (χ1v) is 12.0. The van der Waals surface area contributed by atoms with E-state index in [4.69, 9.17) is 4.74 Å². The smallest absolute Gasteiger partial charge is 0.280 e. The number of alkyl halides is 2. The molecule has 9 nitrogen and oxygen atoms in total. The van der Waals surface area contributed by atoms with Gasteiger partial charge in [-0.2, -0.15) is 5.10 Å². The summed E-state index contributed by atoms with van der Waals surface area (Å²) in [5, 5.41) is 13.0. The van der Waals surface area contributed by atoms with Crippen molar-refractivity contribution in [2.75, 3.05) is 7.11 Å². The van der Waals surface area contributed by atoms with Gasteiger partial charge in [0.05, 0.1) is 18.9 Å². The number of carbonyl (C=O) groups is 1. The molecule has 1 atom stereocenters. The van der Waals surface area contributed by atoms with Gasteiger partial charge < -0.3 is 15.4 Å². The van der Waals surface area contributed by atoms with Crippen LogP contribution in [-0.4, -0.2) is 44.6 Å². The van der Waals surface area contributed by atoms with Crippen LogP contribution in [0.2, 0.25) is 0 Å². The largest absolute Gasteiger partial charge is 0.494 e. The maximum atomic E-state index is 14.2. The Labute approximate surface area is 222 Å². The molecular formula is C25H17F4N7O2S. The summed E-state index contributed by atoms with van der Waals surface area (Å²) in [4.78, 5) is 25.6. The fourth-order valence-electron chi connectivity index (χ4n) is 3.66. The molecule has 4 heterocycles. The minimum absolute atomic E-state index is 0.0127. The van der Waals surface area contributed by atoms with E-state index in [2.05, 4.69) is 47.6 Å². The Morgan fingerprint density at radius 3 is 2.67 bits per heavy atom. The predicted molar refractivity (Wildman–Crippen MR) is 136 cm³/mol. The number of rotatable bonds is 4. The molecule has 0 spiro atoms. The number of fused-ring (bicyclic) bond motifs is 1. The molecule has 2 aromatic heterocycles. The van der Waals surface area contributed by atoms with Gasteiger partial charge in [-0.1, -0.05) is 0 Å². The van der Waals surface area contributed by atoms with E-state index in [1.54, 1.807) is 12.3 Å². The van der Waals surface area contributed by atoms with Crippen molar-refractivity contribution in [2.45, 2.75) is 19.5 Å². The van der Waals surface area contributed by atoms with Crippen molar-refractivity contribution in [2.24, 2.45) is 9.98 Å². The number of halogens is 4. The Balaban J connectivity index is 1.39. The lowest BCUT2D eigenvalue weighted by atomic mass is 9.98. The maximum Gasteiger partial charge on any atom is 0.280 e. The van der Waals surface area contributed by atoms with E-state index in [0.717, 1.165) is 35.8 Å². The summed E-state index contributed by atoms with van der Waals surface area (Å²) in [5.41, 5.74) is 0.643. The van der Waals surface area contributed by atoms with E-state index in [0.29, 0.717) is 22.5 Å². The average Bonchev–Trinajstić information content (AvgIpc) is 3.52. The zero-order chi connectivity index (χ0) is 27.7. The molecule has 3 aromatic rings. The summed E-state index contributed by atoms with van der Waals surface area (Å²) in [6, 6.07) is 4.16. The zero-order valence-corrected chi connectivity index (χ0v) is 21.0. The molecule has 0 fully saturated rings. The lowest BCUT2D eigenvalue weighted by Crippen LogP contribution is -2.30. The van der Waals surface area contributed by atoms with Crippen molar-refractivity contribution in [3.63, 3.8) is 0 Å². The maximum absolute atomic E-state index is 14.2. The molecule has 2 aliphatic rings. The Morgan fingerprint density at radius 1 is 1.15 bits per heavy atom. The van der Waals surface area contributed by atoms with Crippen molar-refractivity contribution in [3.05, 3.63) is 76.6 Å². The monoisotopic (exact) mass is 555 g/mol. The summed E-state index contributed by atoms with van der Waals surface area (Å²) in [6.45, 7) is 1.85. The molecule has 0 bridgehead atoms. The van der Waals surface area contributed by atoms with Gasteiger partial charge in [-0.05, 0) is 54.8 Å². The molecule has 0 saturated carbocycles. The van der Waals surface area contributed by atoms with E-state index in [-0.39, 0.29) is 27.6 Å². The van der Waals surface area contributed by atoms with E-state index in [1.165, 1.54) is 7.11 Å². The first-order chi connectivity index (χ1) is 18.7. The number of aromatic nitrogens is 3. The predicted octanol–water partition coefficient (Wildman–Crippen LogP) is 4.06. The second kappa shape index (κ2) is 10.6. The molecule has 0 radical (unpaired) electrons. The first-order valence-electron chi connectivity index (χ1n) is 11.2. The molecule has 1 aromatic carbocycles. The number of amides is 1. The number of carbonyl (C=O) groups excluding carboxylic acids is 1. The molecule has 5 rings (SSSR count). The van der Waals surface area contributed by atoms with E-state index in [9.17, 15) is 22.4 Å². The summed E-state index contributed by atoms with van der Waals surface area (Å²) < 4.78 is 60.2. The highest BCUT2D eigenvalue weighted by Gasteiger charge is 2.30. The molecule has 2 aliphatic heterocycles. The number of methoxy groups -OCH3 is 1. The SMILES string of the molecule is COc1cnc(C(F)F)cc1-c1cc(F)c(F)cc1C(=O)NC1=NC2NC=C(C#Cc3cc(C)[nH]n3)N=C2S1. The molecule has 1 unspecified atom stereocenters. The van der Waals surface area contributed by atoms with Crippen LogP contribution in [-0.2, 0) is 0 Å². The molecule has 14 heteroatoms. The van der Waals surface area contributed by atoms with Crippen molar-refractivity contribution < 1.29 is 27.1 Å². The number of allylic oxidation sites excluding steroid dienone is 1. The number of nitrogens with one attached hydrogen (secondary N) is 3. The zero-order valence-electron chi connectivity index (χ0n) is 20.1. The van der Waals surface area contributed by atoms with Crippen LogP contribution in [0, 0.1) is 30.4 Å². The third kappa shape index (κ3) is 5.48. The van der Waals surface area contributed by atoms with Crippen LogP contribution in [0.1, 0.15) is 33.9 Å². The van der Waals surface area contributed by atoms with Gasteiger partial charge in [0.15, 0.2) is 23.0 Å². The Hall–Kier alpha value is -4.64. The third-order valence-electron chi connectivity index (χ3n) is 5.46. The highest BCUT2D eigenvalue weighted by Crippen LogP contribution is 2.36. The minimum Gasteiger partial charge on any atom is -0.494 e. The standard InChI is InChI=1S/C25H17F4N7O2S/c1-11-5-12(36-35-11)3-4-13-9-31-22-24(32-13)39-25(33-22)34-23(37)16-7-18(27)17(26)6-14(16)15-8-19(21(28)29)30-10-20(15)38-2/h5-10,21-22,31H,1-2H3,(H,35,36)(H,33,34,37). The number of amidine groups is 1. The summed E-state index contributed by atoms with van der Waals surface area (Å²) in [6.07, 6.45) is -0.933. The van der Waals surface area contributed by atoms with E-state index >= 15 is 0 Å². The Bertz CT molecular complexity index is 1640. The molecule has 0 saturated heterocycles. The molecule has 1 amide bonds. The number of aromatic amines is 1. The third-order valence-corrected chi connectivity index (χ3v) is 6.39. The lowest BCUT2D eigenvalue weighted by molar-refractivity contribution is 0.0978. The molecular weight excluding hydrogens is 538 g/mol. The van der Waals surface area contributed by atoms with Crippen LogP contribution in [0.15, 0.2) is 52.3 Å². The van der Waals surface area contributed by atoms with Crippen LogP contribution >= 0.6 is 11.8 Å². The second-order valence-electron chi connectivity index (χ2n) is 8.15. The Kier molecular flexibility index (Phi) is 7.07. The van der Waals surface area contributed by atoms with Crippen LogP contribution in [0.5, 0.6) is 5.75 Å². The summed E-state index contributed by atoms with van der Waals surface area (Å²) in [5.74, 6) is 2.32. The van der Waals surface area contributed by atoms with Gasteiger partial charge in [0.1, 0.15) is 27.9 Å². The quantitative estimate of drug-likeness (QED) is 0.330. The van der Waals surface area contributed by atoms with Crippen LogP contribution in [0.25, 0.3) is 11.1 Å². The van der Waals surface area contributed by atoms with Crippen LogP contribution in [0.4, 0.5) is 17.6 Å². The molecule has 3 N–H and O–H groups in total. The summed E-state index contributed by atoms with van der Waals surface area (Å²) in [7, 11) is 1.25. The molecule has 198 valence electrons. The van der Waals surface area contributed by atoms with Crippen molar-refractivity contribution in [1.29, 1.82) is 0 Å². The normalized spacial score (nSPS) is 15.9. The molecule has 39 heavy (non-hydrogen) atoms. The number of thioether (sulfide) groups is 1. The van der Waals surface area contributed by atoms with Crippen molar-refractivity contribution in [1.82, 2.24) is 25.8 Å². The van der Waals surface area contributed by atoms with Crippen molar-refractivity contribution in [3.8, 4) is 28.7 Å². The fourth-order valence-corrected chi connectivity index (χ4v) is 4.54. The van der Waals surface area contributed by atoms with Crippen LogP contribution < -0.4 is 15.4 Å². The van der Waals surface area contributed by atoms with Gasteiger partial charge in [-0.15, -0.1) is 0 Å². The number of nitrogens with zero attached hydrogens (tertiary/aromatic N) is 4.